The Morgan fingerprint density at radius 3 is 2.60 bits per heavy atom. The number of pyridine rings is 1. The Bertz CT molecular complexity index is 848. The van der Waals surface area contributed by atoms with Crippen molar-refractivity contribution in [1.29, 1.82) is 0 Å². The fourth-order valence-electron chi connectivity index (χ4n) is 1.88. The Morgan fingerprint density at radius 2 is 2.04 bits per heavy atom. The monoisotopic (exact) mass is 409 g/mol. The molecule has 1 heterocycles. The highest BCUT2D eigenvalue weighted by Gasteiger charge is 2.21. The molecule has 0 saturated carbocycles. The number of rotatable bonds is 4. The van der Waals surface area contributed by atoms with Crippen LogP contribution in [0.2, 0.25) is 0 Å². The fraction of sp³-hybridized carbons (Fsp3) is 0.235. The van der Waals surface area contributed by atoms with Crippen molar-refractivity contribution in [2.75, 3.05) is 0 Å². The van der Waals surface area contributed by atoms with Crippen LogP contribution in [0.5, 0.6) is 5.75 Å². The van der Waals surface area contributed by atoms with E-state index in [1.165, 1.54) is 30.5 Å². The molecular formula is C17H17BrFN3O3. The van der Waals surface area contributed by atoms with Crippen molar-refractivity contribution in [1.82, 2.24) is 4.98 Å². The Balaban J connectivity index is 2.66. The summed E-state index contributed by atoms with van der Waals surface area (Å²) in [6.07, 6.45) is 1.32. The lowest BCUT2D eigenvalue weighted by atomic mass is 10.0. The molecule has 0 radical (unpaired) electrons. The Labute approximate surface area is 152 Å². The summed E-state index contributed by atoms with van der Waals surface area (Å²) < 4.78 is 13.8. The number of nitrogens with zero attached hydrogens (tertiary/aromatic N) is 2. The summed E-state index contributed by atoms with van der Waals surface area (Å²) >= 11 is 3.11. The van der Waals surface area contributed by atoms with Gasteiger partial charge in [0.15, 0.2) is 5.75 Å². The van der Waals surface area contributed by atoms with Gasteiger partial charge in [-0.15, -0.1) is 0 Å². The van der Waals surface area contributed by atoms with E-state index in [1.54, 1.807) is 20.8 Å². The average molecular weight is 410 g/mol. The maximum absolute atomic E-state index is 13.5. The summed E-state index contributed by atoms with van der Waals surface area (Å²) in [6, 6.07) is 5.46. The number of aromatic nitrogens is 1. The van der Waals surface area contributed by atoms with Gasteiger partial charge >= 0.3 is 0 Å². The van der Waals surface area contributed by atoms with Crippen LogP contribution in [0.3, 0.4) is 0 Å². The third-order valence-corrected chi connectivity index (χ3v) is 3.63. The molecular weight excluding hydrogens is 393 g/mol. The number of hydrogen-bond acceptors (Lipinski definition) is 5. The van der Waals surface area contributed by atoms with Crippen molar-refractivity contribution >= 4 is 27.5 Å². The molecule has 0 atom stereocenters. The van der Waals surface area contributed by atoms with E-state index in [-0.39, 0.29) is 21.4 Å². The van der Waals surface area contributed by atoms with Gasteiger partial charge in [0.25, 0.3) is 5.91 Å². The third-order valence-electron chi connectivity index (χ3n) is 3.02. The molecule has 8 heteroatoms. The maximum atomic E-state index is 13.5. The zero-order valence-electron chi connectivity index (χ0n) is 13.9. The van der Waals surface area contributed by atoms with Gasteiger partial charge < -0.3 is 15.7 Å². The van der Waals surface area contributed by atoms with Crippen molar-refractivity contribution < 1.29 is 19.1 Å². The lowest BCUT2D eigenvalue weighted by Crippen LogP contribution is -2.19. The van der Waals surface area contributed by atoms with Gasteiger partial charge in [-0.3, -0.25) is 9.78 Å². The molecule has 2 rings (SSSR count). The number of aromatic hydroxyl groups is 1. The van der Waals surface area contributed by atoms with Gasteiger partial charge in [0.1, 0.15) is 22.8 Å². The standard InChI is InChI=1S/C17H17BrFN3O3/c1-17(2,3)25-22-13(9-4-5-12(19)11(18)8-9)14-15(23)10(16(20)24)6-7-21-14/h4-8,23H,1-3H3,(H2,20,24)/b22-13-. The molecule has 1 aromatic heterocycles. The van der Waals surface area contributed by atoms with Crippen LogP contribution in [0, 0.1) is 5.82 Å². The summed E-state index contributed by atoms with van der Waals surface area (Å²) in [6.45, 7) is 5.38. The zero-order valence-corrected chi connectivity index (χ0v) is 15.5. The second-order valence-corrected chi connectivity index (χ2v) is 7.05. The lowest BCUT2D eigenvalue weighted by molar-refractivity contribution is 0.00110. The van der Waals surface area contributed by atoms with E-state index in [0.717, 1.165) is 0 Å². The van der Waals surface area contributed by atoms with Gasteiger partial charge in [0.2, 0.25) is 0 Å². The molecule has 132 valence electrons. The largest absolute Gasteiger partial charge is 0.505 e. The van der Waals surface area contributed by atoms with E-state index in [0.29, 0.717) is 5.56 Å². The Kier molecular flexibility index (Phi) is 5.42. The summed E-state index contributed by atoms with van der Waals surface area (Å²) in [7, 11) is 0. The Morgan fingerprint density at radius 1 is 1.36 bits per heavy atom. The molecule has 1 amide bonds. The average Bonchev–Trinajstić information content (AvgIpc) is 2.51. The molecule has 1 aromatic carbocycles. The van der Waals surface area contributed by atoms with Crippen LogP contribution >= 0.6 is 15.9 Å². The van der Waals surface area contributed by atoms with Gasteiger partial charge in [0.05, 0.1) is 10.0 Å². The minimum absolute atomic E-state index is 0.000872. The van der Waals surface area contributed by atoms with Crippen LogP contribution in [-0.2, 0) is 4.84 Å². The summed E-state index contributed by atoms with van der Waals surface area (Å²) in [5, 5.41) is 14.4. The maximum Gasteiger partial charge on any atom is 0.252 e. The van der Waals surface area contributed by atoms with Crippen LogP contribution in [-0.4, -0.2) is 27.3 Å². The number of primary amides is 1. The van der Waals surface area contributed by atoms with Gasteiger partial charge in [-0.25, -0.2) is 4.39 Å². The molecule has 6 nitrogen and oxygen atoms in total. The smallest absolute Gasteiger partial charge is 0.252 e. The van der Waals surface area contributed by atoms with Gasteiger partial charge in [-0.2, -0.15) is 0 Å². The van der Waals surface area contributed by atoms with E-state index in [1.807, 2.05) is 0 Å². The summed E-state index contributed by atoms with van der Waals surface area (Å²) in [4.78, 5) is 21.0. The van der Waals surface area contributed by atoms with Gasteiger partial charge in [-0.05, 0) is 61.0 Å². The van der Waals surface area contributed by atoms with Crippen LogP contribution in [0.15, 0.2) is 40.1 Å². The first kappa shape index (κ1) is 18.9. The molecule has 0 unspecified atom stereocenters. The fourth-order valence-corrected chi connectivity index (χ4v) is 2.26. The van der Waals surface area contributed by atoms with Crippen molar-refractivity contribution in [2.24, 2.45) is 10.9 Å². The molecule has 2 aromatic rings. The second kappa shape index (κ2) is 7.18. The van der Waals surface area contributed by atoms with E-state index < -0.39 is 23.1 Å². The molecule has 25 heavy (non-hydrogen) atoms. The molecule has 0 bridgehead atoms. The van der Waals surface area contributed by atoms with E-state index >= 15 is 0 Å². The molecule has 3 N–H and O–H groups in total. The van der Waals surface area contributed by atoms with E-state index in [4.69, 9.17) is 10.6 Å². The normalized spacial score (nSPS) is 12.1. The first-order chi connectivity index (χ1) is 11.6. The predicted molar refractivity (Wildman–Crippen MR) is 95.0 cm³/mol. The molecule has 0 fully saturated rings. The Hall–Kier alpha value is -2.48. The second-order valence-electron chi connectivity index (χ2n) is 6.19. The first-order valence-corrected chi connectivity index (χ1v) is 8.09. The number of halogens is 2. The van der Waals surface area contributed by atoms with Crippen molar-refractivity contribution in [2.45, 2.75) is 26.4 Å². The number of benzene rings is 1. The van der Waals surface area contributed by atoms with Crippen molar-refractivity contribution in [3.8, 4) is 5.75 Å². The van der Waals surface area contributed by atoms with E-state index in [9.17, 15) is 14.3 Å². The number of nitrogens with two attached hydrogens (primary N) is 1. The van der Waals surface area contributed by atoms with Crippen LogP contribution < -0.4 is 5.73 Å². The zero-order chi connectivity index (χ0) is 18.8. The van der Waals surface area contributed by atoms with E-state index in [2.05, 4.69) is 26.1 Å². The van der Waals surface area contributed by atoms with Crippen LogP contribution in [0.4, 0.5) is 4.39 Å². The highest BCUT2D eigenvalue weighted by atomic mass is 79.9. The van der Waals surface area contributed by atoms with Gasteiger partial charge in [-0.1, -0.05) is 5.16 Å². The number of carbonyl (C=O) groups is 1. The lowest BCUT2D eigenvalue weighted by Gasteiger charge is -2.17. The number of amides is 1. The van der Waals surface area contributed by atoms with Crippen LogP contribution in [0.25, 0.3) is 0 Å². The highest BCUT2D eigenvalue weighted by Crippen LogP contribution is 2.26. The first-order valence-electron chi connectivity index (χ1n) is 7.30. The molecule has 0 aliphatic carbocycles. The minimum Gasteiger partial charge on any atom is -0.505 e. The molecule has 0 aliphatic heterocycles. The summed E-state index contributed by atoms with van der Waals surface area (Å²) in [5.74, 6) is -1.69. The van der Waals surface area contributed by atoms with Crippen LogP contribution in [0.1, 0.15) is 42.4 Å². The topological polar surface area (TPSA) is 97.8 Å². The highest BCUT2D eigenvalue weighted by molar-refractivity contribution is 9.10. The SMILES string of the molecule is CC(C)(C)O/N=C(/c1ccc(F)c(Br)c1)c1nccc(C(N)=O)c1O. The summed E-state index contributed by atoms with van der Waals surface area (Å²) in [5.41, 5.74) is 5.11. The minimum atomic E-state index is -0.808. The van der Waals surface area contributed by atoms with Crippen molar-refractivity contribution in [3.63, 3.8) is 0 Å². The third kappa shape index (κ3) is 4.54. The number of hydrogen-bond donors (Lipinski definition) is 2. The molecule has 0 spiro atoms. The number of carbonyl (C=O) groups excluding carboxylic acids is 1. The molecule has 0 aliphatic rings. The van der Waals surface area contributed by atoms with Gasteiger partial charge in [0, 0.05) is 11.8 Å². The molecule has 0 saturated heterocycles. The van der Waals surface area contributed by atoms with Crippen molar-refractivity contribution in [3.05, 3.63) is 57.6 Å². The number of oxime groups is 1. The predicted octanol–water partition coefficient (Wildman–Crippen LogP) is 3.36. The quantitative estimate of drug-likeness (QED) is 0.597.